The molecule has 0 radical (unpaired) electrons. The van der Waals surface area contributed by atoms with Crippen LogP contribution in [0.4, 0.5) is 0 Å². The Morgan fingerprint density at radius 1 is 1.18 bits per heavy atom. The minimum Gasteiger partial charge on any atom is -0.478 e. The van der Waals surface area contributed by atoms with Crippen molar-refractivity contribution in [1.29, 1.82) is 0 Å². The Hall–Kier alpha value is -1.44. The highest BCUT2D eigenvalue weighted by Gasteiger charge is 2.48. The fourth-order valence-electron chi connectivity index (χ4n) is 1.87. The van der Waals surface area contributed by atoms with Crippen LogP contribution in [0.3, 0.4) is 0 Å². The second kappa shape index (κ2) is 4.82. The standard InChI is InChI=1S/C10H12O7/c11-5-3-15-10-6(4-16-9(5)10)17-8(14)2-1-7(12)13/h1-2,5-6,9-11H,3-4H2,(H,12,13)/b2-1+/t5-,6-,9-,10-/m1/s1. The number of aliphatic hydroxyl groups is 1. The van der Waals surface area contributed by atoms with Gasteiger partial charge in [0, 0.05) is 12.2 Å². The molecule has 7 heteroatoms. The molecule has 2 heterocycles. The molecule has 0 aliphatic carbocycles. The van der Waals surface area contributed by atoms with Gasteiger partial charge >= 0.3 is 11.9 Å². The molecule has 2 fully saturated rings. The fourth-order valence-corrected chi connectivity index (χ4v) is 1.87. The molecule has 0 unspecified atom stereocenters. The number of hydrogen-bond donors (Lipinski definition) is 2. The molecule has 0 amide bonds. The van der Waals surface area contributed by atoms with Gasteiger partial charge in [-0.15, -0.1) is 0 Å². The number of aliphatic carboxylic acids is 1. The van der Waals surface area contributed by atoms with Crippen molar-refractivity contribution in [3.05, 3.63) is 12.2 Å². The van der Waals surface area contributed by atoms with Gasteiger partial charge < -0.3 is 24.4 Å². The van der Waals surface area contributed by atoms with E-state index in [0.717, 1.165) is 6.08 Å². The van der Waals surface area contributed by atoms with Gasteiger partial charge in [0.15, 0.2) is 6.10 Å². The molecule has 4 atom stereocenters. The number of esters is 1. The van der Waals surface area contributed by atoms with E-state index in [2.05, 4.69) is 0 Å². The van der Waals surface area contributed by atoms with Gasteiger partial charge in [-0.1, -0.05) is 0 Å². The number of carbonyl (C=O) groups excluding carboxylic acids is 1. The molecular formula is C10H12O7. The molecule has 17 heavy (non-hydrogen) atoms. The summed E-state index contributed by atoms with van der Waals surface area (Å²) in [4.78, 5) is 21.4. The van der Waals surface area contributed by atoms with Crippen LogP contribution < -0.4 is 0 Å². The molecule has 7 nitrogen and oxygen atoms in total. The number of aliphatic hydroxyl groups excluding tert-OH is 1. The summed E-state index contributed by atoms with van der Waals surface area (Å²) in [6, 6.07) is 0. The van der Waals surface area contributed by atoms with E-state index >= 15 is 0 Å². The first kappa shape index (κ1) is 12.0. The van der Waals surface area contributed by atoms with Gasteiger partial charge in [-0.05, 0) is 0 Å². The lowest BCUT2D eigenvalue weighted by Gasteiger charge is -2.15. The van der Waals surface area contributed by atoms with Crippen molar-refractivity contribution in [3.8, 4) is 0 Å². The maximum absolute atomic E-state index is 11.2. The van der Waals surface area contributed by atoms with Crippen molar-refractivity contribution >= 4 is 11.9 Å². The lowest BCUT2D eigenvalue weighted by Crippen LogP contribution is -2.33. The zero-order valence-electron chi connectivity index (χ0n) is 8.81. The average Bonchev–Trinajstić information content (AvgIpc) is 2.81. The van der Waals surface area contributed by atoms with Crippen molar-refractivity contribution < 1.29 is 34.0 Å². The molecule has 2 aliphatic heterocycles. The number of fused-ring (bicyclic) bond motifs is 1. The molecule has 0 aromatic heterocycles. The molecule has 94 valence electrons. The number of carboxylic acids is 1. The summed E-state index contributed by atoms with van der Waals surface area (Å²) >= 11 is 0. The number of hydrogen-bond acceptors (Lipinski definition) is 6. The minimum atomic E-state index is -1.23. The summed E-state index contributed by atoms with van der Waals surface area (Å²) in [5, 5.41) is 17.8. The van der Waals surface area contributed by atoms with E-state index in [-0.39, 0.29) is 13.2 Å². The highest BCUT2D eigenvalue weighted by atomic mass is 16.6. The Balaban J connectivity index is 1.88. The van der Waals surface area contributed by atoms with Crippen molar-refractivity contribution in [2.75, 3.05) is 13.2 Å². The molecular weight excluding hydrogens is 232 g/mol. The van der Waals surface area contributed by atoms with Gasteiger partial charge in [-0.2, -0.15) is 0 Å². The smallest absolute Gasteiger partial charge is 0.331 e. The van der Waals surface area contributed by atoms with E-state index in [0.29, 0.717) is 6.08 Å². The Bertz CT molecular complexity index is 351. The summed E-state index contributed by atoms with van der Waals surface area (Å²) in [6.07, 6.45) is -0.758. The van der Waals surface area contributed by atoms with Gasteiger partial charge in [0.2, 0.25) is 0 Å². The van der Waals surface area contributed by atoms with E-state index < -0.39 is 36.4 Å². The van der Waals surface area contributed by atoms with Gasteiger partial charge in [0.05, 0.1) is 13.2 Å². The number of rotatable bonds is 3. The molecule has 0 spiro atoms. The first-order valence-electron chi connectivity index (χ1n) is 5.11. The fraction of sp³-hybridized carbons (Fsp3) is 0.600. The van der Waals surface area contributed by atoms with Gasteiger partial charge in [0.1, 0.15) is 18.3 Å². The van der Waals surface area contributed by atoms with Crippen molar-refractivity contribution in [2.45, 2.75) is 24.4 Å². The Morgan fingerprint density at radius 2 is 1.88 bits per heavy atom. The van der Waals surface area contributed by atoms with Crippen LogP contribution in [0.5, 0.6) is 0 Å². The zero-order valence-corrected chi connectivity index (χ0v) is 8.81. The normalized spacial score (nSPS) is 36.1. The van der Waals surface area contributed by atoms with Gasteiger partial charge in [-0.3, -0.25) is 0 Å². The summed E-state index contributed by atoms with van der Waals surface area (Å²) in [6.45, 7) is 0.285. The third-order valence-electron chi connectivity index (χ3n) is 2.61. The molecule has 0 aromatic rings. The first-order chi connectivity index (χ1) is 8.08. The molecule has 2 rings (SSSR count). The lowest BCUT2D eigenvalue weighted by atomic mass is 10.1. The molecule has 2 aliphatic rings. The van der Waals surface area contributed by atoms with Crippen LogP contribution >= 0.6 is 0 Å². The van der Waals surface area contributed by atoms with Crippen LogP contribution in [0.1, 0.15) is 0 Å². The molecule has 0 bridgehead atoms. The van der Waals surface area contributed by atoms with Crippen LogP contribution in [0.2, 0.25) is 0 Å². The monoisotopic (exact) mass is 244 g/mol. The summed E-state index contributed by atoms with van der Waals surface area (Å²) in [5.74, 6) is -2.00. The summed E-state index contributed by atoms with van der Waals surface area (Å²) in [7, 11) is 0. The lowest BCUT2D eigenvalue weighted by molar-refractivity contribution is -0.148. The Morgan fingerprint density at radius 3 is 2.59 bits per heavy atom. The maximum atomic E-state index is 11.2. The minimum absolute atomic E-state index is 0.138. The van der Waals surface area contributed by atoms with Crippen LogP contribution in [0.25, 0.3) is 0 Å². The summed E-state index contributed by atoms with van der Waals surface area (Å²) in [5.41, 5.74) is 0. The predicted molar refractivity (Wildman–Crippen MR) is 52.1 cm³/mol. The maximum Gasteiger partial charge on any atom is 0.331 e. The number of carbonyl (C=O) groups is 2. The van der Waals surface area contributed by atoms with E-state index in [1.54, 1.807) is 0 Å². The topological polar surface area (TPSA) is 102 Å². The Labute approximate surface area is 96.6 Å². The average molecular weight is 244 g/mol. The van der Waals surface area contributed by atoms with Gasteiger partial charge in [0.25, 0.3) is 0 Å². The van der Waals surface area contributed by atoms with Gasteiger partial charge in [-0.25, -0.2) is 9.59 Å². The predicted octanol–water partition coefficient (Wildman–Crippen LogP) is -1.30. The van der Waals surface area contributed by atoms with Crippen molar-refractivity contribution in [1.82, 2.24) is 0 Å². The molecule has 0 saturated carbocycles. The van der Waals surface area contributed by atoms with Crippen LogP contribution in [0, 0.1) is 0 Å². The second-order valence-corrected chi connectivity index (χ2v) is 3.81. The molecule has 2 saturated heterocycles. The summed E-state index contributed by atoms with van der Waals surface area (Å²) < 4.78 is 15.4. The third kappa shape index (κ3) is 2.63. The van der Waals surface area contributed by atoms with Crippen molar-refractivity contribution in [2.24, 2.45) is 0 Å². The molecule has 0 aromatic carbocycles. The zero-order chi connectivity index (χ0) is 12.4. The number of carboxylic acid groups (broad SMARTS) is 1. The van der Waals surface area contributed by atoms with E-state index in [4.69, 9.17) is 19.3 Å². The first-order valence-corrected chi connectivity index (χ1v) is 5.11. The highest BCUT2D eigenvalue weighted by Crippen LogP contribution is 2.28. The van der Waals surface area contributed by atoms with E-state index in [9.17, 15) is 14.7 Å². The van der Waals surface area contributed by atoms with E-state index in [1.807, 2.05) is 0 Å². The van der Waals surface area contributed by atoms with Crippen LogP contribution in [-0.4, -0.2) is 59.8 Å². The highest BCUT2D eigenvalue weighted by molar-refractivity contribution is 5.90. The van der Waals surface area contributed by atoms with E-state index in [1.165, 1.54) is 0 Å². The van der Waals surface area contributed by atoms with Crippen LogP contribution in [-0.2, 0) is 23.8 Å². The number of ether oxygens (including phenoxy) is 3. The van der Waals surface area contributed by atoms with Crippen LogP contribution in [0.15, 0.2) is 12.2 Å². The Kier molecular flexibility index (Phi) is 3.41. The third-order valence-corrected chi connectivity index (χ3v) is 2.61. The largest absolute Gasteiger partial charge is 0.478 e. The second-order valence-electron chi connectivity index (χ2n) is 3.81. The quantitative estimate of drug-likeness (QED) is 0.469. The van der Waals surface area contributed by atoms with Crippen molar-refractivity contribution in [3.63, 3.8) is 0 Å². The molecule has 2 N–H and O–H groups in total. The SMILES string of the molecule is O=C(O)/C=C/C(=O)O[C@@H]1CO[C@H]2[C@@H]1OC[C@H]2O.